The van der Waals surface area contributed by atoms with Crippen LogP contribution in [0.4, 0.5) is 13.2 Å². The summed E-state index contributed by atoms with van der Waals surface area (Å²) in [5.74, 6) is -2.51. The number of Topliss-reactive ketones (excluding diaryl/α,β-unsaturated/α-hetero) is 2. The number of hydrogen-bond donors (Lipinski definition) is 0. The van der Waals surface area contributed by atoms with Crippen molar-refractivity contribution in [2.45, 2.75) is 32.9 Å². The molecule has 1 unspecified atom stereocenters. The van der Waals surface area contributed by atoms with Crippen molar-refractivity contribution >= 4 is 27.5 Å². The van der Waals surface area contributed by atoms with Crippen LogP contribution in [0.1, 0.15) is 27.9 Å². The van der Waals surface area contributed by atoms with Crippen LogP contribution in [0.15, 0.2) is 16.6 Å². The lowest BCUT2D eigenvalue weighted by Crippen LogP contribution is -2.26. The van der Waals surface area contributed by atoms with Crippen molar-refractivity contribution in [1.82, 2.24) is 0 Å². The summed E-state index contributed by atoms with van der Waals surface area (Å²) in [7, 11) is 0. The van der Waals surface area contributed by atoms with Gasteiger partial charge in [-0.1, -0.05) is 15.9 Å². The average molecular weight is 337 g/mol. The number of carbonyl (C=O) groups is 2. The molecule has 0 aliphatic carbocycles. The predicted octanol–water partition coefficient (Wildman–Crippen LogP) is 3.81. The molecule has 0 amide bonds. The average Bonchev–Trinajstić information content (AvgIpc) is 2.32. The first-order valence-electron chi connectivity index (χ1n) is 5.50. The van der Waals surface area contributed by atoms with E-state index in [1.54, 1.807) is 26.0 Å². The molecule has 0 N–H and O–H groups in total. The van der Waals surface area contributed by atoms with Crippen LogP contribution in [-0.2, 0) is 4.79 Å². The molecule has 1 atom stereocenters. The Hall–Kier alpha value is -1.17. The normalized spacial score (nSPS) is 12.6. The number of alkyl halides is 3. The fourth-order valence-corrected chi connectivity index (χ4v) is 2.05. The second kappa shape index (κ2) is 6.32. The van der Waals surface area contributed by atoms with E-state index in [0.29, 0.717) is 5.56 Å². The fraction of sp³-hybridized carbons (Fsp3) is 0.385. The van der Waals surface area contributed by atoms with Crippen LogP contribution in [0.3, 0.4) is 0 Å². The number of ketones is 2. The number of aryl methyl sites for hydroxylation is 2. The zero-order chi connectivity index (χ0) is 14.7. The fourth-order valence-electron chi connectivity index (χ4n) is 1.59. The minimum atomic E-state index is -3.39. The van der Waals surface area contributed by atoms with Gasteiger partial charge in [-0.05, 0) is 37.1 Å². The number of carbonyl (C=O) groups excluding carboxylic acids is 2. The molecule has 6 heteroatoms. The van der Waals surface area contributed by atoms with Crippen molar-refractivity contribution < 1.29 is 22.8 Å². The van der Waals surface area contributed by atoms with Gasteiger partial charge in [0, 0.05) is 16.5 Å². The van der Waals surface area contributed by atoms with E-state index >= 15 is 0 Å². The summed E-state index contributed by atoms with van der Waals surface area (Å²) in [5.41, 5.74) is 1.61. The Labute approximate surface area is 117 Å². The molecule has 0 saturated carbocycles. The Morgan fingerprint density at radius 2 is 1.74 bits per heavy atom. The maximum absolute atomic E-state index is 13.2. The van der Waals surface area contributed by atoms with Crippen LogP contribution in [0.5, 0.6) is 0 Å². The van der Waals surface area contributed by atoms with Gasteiger partial charge in [-0.25, -0.2) is 13.2 Å². The van der Waals surface area contributed by atoms with Crippen molar-refractivity contribution in [3.8, 4) is 0 Å². The third kappa shape index (κ3) is 3.89. The first kappa shape index (κ1) is 15.9. The Bertz CT molecular complexity index is 515. The lowest BCUT2D eigenvalue weighted by molar-refractivity contribution is -0.134. The summed E-state index contributed by atoms with van der Waals surface area (Å²) in [6.07, 6.45) is -6.71. The molecule has 0 bridgehead atoms. The summed E-state index contributed by atoms with van der Waals surface area (Å²) in [4.78, 5) is 22.5. The van der Waals surface area contributed by atoms with E-state index in [4.69, 9.17) is 0 Å². The SMILES string of the molecule is Cc1cc(C(=O)CC(F)C(=O)C(F)F)c(C)cc1Br. The summed E-state index contributed by atoms with van der Waals surface area (Å²) in [6.45, 7) is 3.40. The van der Waals surface area contributed by atoms with E-state index in [2.05, 4.69) is 15.9 Å². The highest BCUT2D eigenvalue weighted by atomic mass is 79.9. The topological polar surface area (TPSA) is 34.1 Å². The van der Waals surface area contributed by atoms with Gasteiger partial charge in [0.2, 0.25) is 5.78 Å². The van der Waals surface area contributed by atoms with Crippen LogP contribution in [0.25, 0.3) is 0 Å². The second-order valence-electron chi connectivity index (χ2n) is 4.21. The molecule has 2 nitrogen and oxygen atoms in total. The molecule has 0 fully saturated rings. The second-order valence-corrected chi connectivity index (χ2v) is 5.07. The van der Waals surface area contributed by atoms with Crippen LogP contribution in [-0.4, -0.2) is 24.2 Å². The number of hydrogen-bond acceptors (Lipinski definition) is 2. The number of benzene rings is 1. The monoisotopic (exact) mass is 336 g/mol. The van der Waals surface area contributed by atoms with Crippen molar-refractivity contribution in [3.05, 3.63) is 33.3 Å². The smallest absolute Gasteiger partial charge is 0.294 e. The number of halogens is 4. The van der Waals surface area contributed by atoms with Crippen molar-refractivity contribution in [2.75, 3.05) is 0 Å². The summed E-state index contributed by atoms with van der Waals surface area (Å²) in [6, 6.07) is 3.23. The third-order valence-electron chi connectivity index (χ3n) is 2.69. The van der Waals surface area contributed by atoms with Crippen molar-refractivity contribution in [2.24, 2.45) is 0 Å². The molecule has 1 aromatic carbocycles. The Kier molecular flexibility index (Phi) is 5.29. The van der Waals surface area contributed by atoms with E-state index in [1.807, 2.05) is 0 Å². The van der Waals surface area contributed by atoms with Crippen LogP contribution in [0.2, 0.25) is 0 Å². The Morgan fingerprint density at radius 3 is 2.26 bits per heavy atom. The van der Waals surface area contributed by atoms with E-state index < -0.39 is 30.6 Å². The molecule has 0 radical (unpaired) electrons. The Balaban J connectivity index is 2.90. The zero-order valence-electron chi connectivity index (χ0n) is 10.3. The lowest BCUT2D eigenvalue weighted by Gasteiger charge is -2.10. The van der Waals surface area contributed by atoms with Gasteiger partial charge >= 0.3 is 0 Å². The van der Waals surface area contributed by atoms with E-state index in [1.165, 1.54) is 0 Å². The predicted molar refractivity (Wildman–Crippen MR) is 68.5 cm³/mol. The van der Waals surface area contributed by atoms with E-state index in [0.717, 1.165) is 10.0 Å². The van der Waals surface area contributed by atoms with E-state index in [-0.39, 0.29) is 5.56 Å². The van der Waals surface area contributed by atoms with Crippen LogP contribution in [0, 0.1) is 13.8 Å². The molecule has 1 aromatic rings. The zero-order valence-corrected chi connectivity index (χ0v) is 11.9. The molecule has 19 heavy (non-hydrogen) atoms. The summed E-state index contributed by atoms with van der Waals surface area (Å²) in [5, 5.41) is 0. The van der Waals surface area contributed by atoms with Crippen molar-refractivity contribution in [1.29, 1.82) is 0 Å². The maximum Gasteiger partial charge on any atom is 0.299 e. The maximum atomic E-state index is 13.2. The third-order valence-corrected chi connectivity index (χ3v) is 3.55. The molecule has 0 saturated heterocycles. The first-order valence-corrected chi connectivity index (χ1v) is 6.29. The molecule has 0 spiro atoms. The highest BCUT2D eigenvalue weighted by molar-refractivity contribution is 9.10. The summed E-state index contributed by atoms with van der Waals surface area (Å²) < 4.78 is 38.1. The van der Waals surface area contributed by atoms with Crippen LogP contribution < -0.4 is 0 Å². The molecule has 1 rings (SSSR count). The van der Waals surface area contributed by atoms with Gasteiger partial charge in [-0.2, -0.15) is 0 Å². The highest BCUT2D eigenvalue weighted by Gasteiger charge is 2.29. The molecule has 0 aliphatic heterocycles. The van der Waals surface area contributed by atoms with Crippen LogP contribution >= 0.6 is 15.9 Å². The van der Waals surface area contributed by atoms with Gasteiger partial charge in [-0.3, -0.25) is 9.59 Å². The largest absolute Gasteiger partial charge is 0.299 e. The molecule has 0 heterocycles. The van der Waals surface area contributed by atoms with Crippen molar-refractivity contribution in [3.63, 3.8) is 0 Å². The van der Waals surface area contributed by atoms with Gasteiger partial charge in [-0.15, -0.1) is 0 Å². The van der Waals surface area contributed by atoms with Gasteiger partial charge in [0.1, 0.15) is 0 Å². The molecular formula is C13H12BrF3O2. The van der Waals surface area contributed by atoms with Gasteiger partial charge < -0.3 is 0 Å². The van der Waals surface area contributed by atoms with E-state index in [9.17, 15) is 22.8 Å². The first-order chi connectivity index (χ1) is 8.73. The highest BCUT2D eigenvalue weighted by Crippen LogP contribution is 2.23. The lowest BCUT2D eigenvalue weighted by atomic mass is 9.98. The minimum absolute atomic E-state index is 0.241. The molecule has 104 valence electrons. The van der Waals surface area contributed by atoms with Gasteiger partial charge in [0.05, 0.1) is 0 Å². The quantitative estimate of drug-likeness (QED) is 0.766. The molecule has 0 aliphatic rings. The molecular weight excluding hydrogens is 325 g/mol. The number of rotatable bonds is 5. The summed E-state index contributed by atoms with van der Waals surface area (Å²) >= 11 is 3.28. The molecule has 0 aromatic heterocycles. The minimum Gasteiger partial charge on any atom is -0.294 e. The van der Waals surface area contributed by atoms with Gasteiger partial charge in [0.25, 0.3) is 6.43 Å². The van der Waals surface area contributed by atoms with Gasteiger partial charge in [0.15, 0.2) is 12.0 Å². The Morgan fingerprint density at radius 1 is 1.16 bits per heavy atom. The standard InChI is InChI=1S/C13H12BrF3O2/c1-6-4-9(14)7(2)3-8(6)11(18)5-10(15)12(19)13(16)17/h3-4,10,13H,5H2,1-2H3.